The molecule has 0 radical (unpaired) electrons. The van der Waals surface area contributed by atoms with Crippen molar-refractivity contribution in [3.05, 3.63) is 11.0 Å². The van der Waals surface area contributed by atoms with Gasteiger partial charge in [-0.3, -0.25) is 0 Å². The SMILES string of the molecule is CS(=O)(=O)c1nc2c3c(nc(Cl)c(F)c3n1)OC[C@@H]1CC[C@@H](C#N)CN21. The van der Waals surface area contributed by atoms with Crippen LogP contribution in [0, 0.1) is 23.1 Å². The summed E-state index contributed by atoms with van der Waals surface area (Å²) >= 11 is 5.83. The van der Waals surface area contributed by atoms with E-state index in [4.69, 9.17) is 16.3 Å². The summed E-state index contributed by atoms with van der Waals surface area (Å²) in [6.07, 6.45) is 2.29. The van der Waals surface area contributed by atoms with Crippen molar-refractivity contribution in [3.8, 4) is 11.9 Å². The summed E-state index contributed by atoms with van der Waals surface area (Å²) in [4.78, 5) is 13.8. The molecule has 0 N–H and O–H groups in total. The number of anilines is 1. The van der Waals surface area contributed by atoms with E-state index in [1.54, 1.807) is 4.90 Å². The summed E-state index contributed by atoms with van der Waals surface area (Å²) in [5, 5.41) is 8.49. The van der Waals surface area contributed by atoms with Gasteiger partial charge in [-0.05, 0) is 12.8 Å². The first-order chi connectivity index (χ1) is 12.3. The van der Waals surface area contributed by atoms with Crippen LogP contribution in [0.25, 0.3) is 10.9 Å². The van der Waals surface area contributed by atoms with Crippen molar-refractivity contribution in [3.63, 3.8) is 0 Å². The van der Waals surface area contributed by atoms with Crippen LogP contribution in [0.3, 0.4) is 0 Å². The highest BCUT2D eigenvalue weighted by Gasteiger charge is 2.36. The quantitative estimate of drug-likeness (QED) is 0.528. The van der Waals surface area contributed by atoms with Crippen molar-refractivity contribution < 1.29 is 17.5 Å². The van der Waals surface area contributed by atoms with Crippen molar-refractivity contribution in [2.24, 2.45) is 5.92 Å². The van der Waals surface area contributed by atoms with E-state index in [-0.39, 0.29) is 41.2 Å². The molecule has 0 aliphatic carbocycles. The summed E-state index contributed by atoms with van der Waals surface area (Å²) in [7, 11) is -3.80. The molecule has 0 bridgehead atoms. The van der Waals surface area contributed by atoms with Gasteiger partial charge >= 0.3 is 0 Å². The fourth-order valence-corrected chi connectivity index (χ4v) is 3.97. The Hall–Kier alpha value is -2.25. The lowest BCUT2D eigenvalue weighted by Crippen LogP contribution is -2.46. The van der Waals surface area contributed by atoms with Crippen LogP contribution in [0.15, 0.2) is 5.16 Å². The van der Waals surface area contributed by atoms with Crippen LogP contribution < -0.4 is 9.64 Å². The second-order valence-corrected chi connectivity index (χ2v) is 8.64. The van der Waals surface area contributed by atoms with Crippen LogP contribution in [-0.2, 0) is 9.84 Å². The minimum absolute atomic E-state index is 0.0596. The number of nitriles is 1. The molecule has 0 aromatic carbocycles. The van der Waals surface area contributed by atoms with Crippen LogP contribution in [-0.4, -0.2) is 48.8 Å². The standard InChI is InChI=1S/C15H13ClFN5O3S/c1-26(23,24)15-19-11-9-13(21-15)22-5-7(4-18)2-3-8(22)6-25-14(9)20-12(16)10(11)17/h7-8H,2-3,5-6H2,1H3/t7-,8-/m0/s1. The lowest BCUT2D eigenvalue weighted by Gasteiger charge is -2.37. The first-order valence-corrected chi connectivity index (χ1v) is 10.1. The summed E-state index contributed by atoms with van der Waals surface area (Å²) in [5.74, 6) is -0.917. The molecule has 4 rings (SSSR count). The van der Waals surface area contributed by atoms with Gasteiger partial charge in [0.15, 0.2) is 11.0 Å². The number of fused-ring (bicyclic) bond motifs is 2. The summed E-state index contributed by atoms with van der Waals surface area (Å²) in [6, 6.07) is 2.09. The Balaban J connectivity index is 2.06. The Kier molecular flexibility index (Phi) is 3.89. The molecule has 2 aromatic rings. The Morgan fingerprint density at radius 2 is 2.12 bits per heavy atom. The molecule has 4 heterocycles. The van der Waals surface area contributed by atoms with E-state index in [1.165, 1.54) is 0 Å². The maximum Gasteiger partial charge on any atom is 0.249 e. The molecular formula is C15H13ClFN5O3S. The number of pyridine rings is 1. The van der Waals surface area contributed by atoms with E-state index >= 15 is 0 Å². The molecule has 0 amide bonds. The molecule has 2 aliphatic rings. The van der Waals surface area contributed by atoms with Gasteiger partial charge in [-0.1, -0.05) is 11.6 Å². The monoisotopic (exact) mass is 397 g/mol. The second kappa shape index (κ2) is 5.89. The number of rotatable bonds is 1. The zero-order valence-corrected chi connectivity index (χ0v) is 15.2. The highest BCUT2D eigenvalue weighted by molar-refractivity contribution is 7.90. The van der Waals surface area contributed by atoms with Crippen molar-refractivity contribution in [1.29, 1.82) is 5.26 Å². The van der Waals surface area contributed by atoms with Crippen molar-refractivity contribution >= 4 is 38.2 Å². The van der Waals surface area contributed by atoms with Crippen LogP contribution in [0.2, 0.25) is 5.15 Å². The van der Waals surface area contributed by atoms with Gasteiger partial charge in [0.2, 0.25) is 20.9 Å². The number of sulfone groups is 1. The first-order valence-electron chi connectivity index (χ1n) is 7.85. The van der Waals surface area contributed by atoms with Crippen molar-refractivity contribution in [1.82, 2.24) is 15.0 Å². The third kappa shape index (κ3) is 2.62. The Morgan fingerprint density at radius 1 is 1.35 bits per heavy atom. The molecule has 0 unspecified atom stereocenters. The lowest BCUT2D eigenvalue weighted by molar-refractivity contribution is 0.251. The molecule has 0 saturated carbocycles. The van der Waals surface area contributed by atoms with E-state index in [1.807, 2.05) is 0 Å². The molecule has 11 heteroatoms. The van der Waals surface area contributed by atoms with Crippen LogP contribution >= 0.6 is 11.6 Å². The minimum Gasteiger partial charge on any atom is -0.475 e. The molecular weight excluding hydrogens is 385 g/mol. The van der Waals surface area contributed by atoms with Gasteiger partial charge < -0.3 is 9.64 Å². The number of aromatic nitrogens is 3. The number of hydrogen-bond acceptors (Lipinski definition) is 8. The largest absolute Gasteiger partial charge is 0.475 e. The molecule has 0 spiro atoms. The van der Waals surface area contributed by atoms with Gasteiger partial charge in [-0.2, -0.15) is 10.2 Å². The summed E-state index contributed by atoms with van der Waals surface area (Å²) < 4.78 is 44.3. The van der Waals surface area contributed by atoms with Crippen LogP contribution in [0.5, 0.6) is 5.88 Å². The fraction of sp³-hybridized carbons (Fsp3) is 0.467. The molecule has 2 atom stereocenters. The van der Waals surface area contributed by atoms with E-state index < -0.39 is 26.0 Å². The average Bonchev–Trinajstić information content (AvgIpc) is 2.76. The van der Waals surface area contributed by atoms with E-state index in [9.17, 15) is 18.1 Å². The van der Waals surface area contributed by atoms with Gasteiger partial charge in [0.25, 0.3) is 0 Å². The zero-order chi connectivity index (χ0) is 18.6. The highest BCUT2D eigenvalue weighted by atomic mass is 35.5. The van der Waals surface area contributed by atoms with Crippen LogP contribution in [0.1, 0.15) is 12.8 Å². The van der Waals surface area contributed by atoms with Crippen molar-refractivity contribution in [2.45, 2.75) is 24.0 Å². The van der Waals surface area contributed by atoms with Crippen LogP contribution in [0.4, 0.5) is 10.2 Å². The van der Waals surface area contributed by atoms with Gasteiger partial charge in [0.05, 0.1) is 18.0 Å². The van der Waals surface area contributed by atoms with Crippen molar-refractivity contribution in [2.75, 3.05) is 24.3 Å². The first kappa shape index (κ1) is 17.2. The number of hydrogen-bond donors (Lipinski definition) is 0. The maximum absolute atomic E-state index is 14.6. The Morgan fingerprint density at radius 3 is 2.81 bits per heavy atom. The third-order valence-electron chi connectivity index (χ3n) is 4.58. The highest BCUT2D eigenvalue weighted by Crippen LogP contribution is 2.40. The molecule has 2 aliphatic heterocycles. The maximum atomic E-state index is 14.6. The zero-order valence-electron chi connectivity index (χ0n) is 13.6. The molecule has 26 heavy (non-hydrogen) atoms. The number of ether oxygens (including phenoxy) is 1. The van der Waals surface area contributed by atoms with E-state index in [0.717, 1.165) is 6.26 Å². The van der Waals surface area contributed by atoms with E-state index in [2.05, 4.69) is 21.0 Å². The topological polar surface area (TPSA) is 109 Å². The minimum atomic E-state index is -3.80. The second-order valence-electron chi connectivity index (χ2n) is 6.37. The number of nitrogens with zero attached hydrogens (tertiary/aromatic N) is 5. The summed E-state index contributed by atoms with van der Waals surface area (Å²) in [6.45, 7) is 0.580. The Bertz CT molecular complexity index is 1070. The predicted octanol–water partition coefficient (Wildman–Crippen LogP) is 1.72. The number of halogens is 2. The molecule has 8 nitrogen and oxygen atoms in total. The van der Waals surface area contributed by atoms with Gasteiger partial charge in [0, 0.05) is 12.8 Å². The predicted molar refractivity (Wildman–Crippen MR) is 90.4 cm³/mol. The van der Waals surface area contributed by atoms with E-state index in [0.29, 0.717) is 19.4 Å². The lowest BCUT2D eigenvalue weighted by atomic mass is 9.94. The normalized spacial score (nSPS) is 22.3. The Labute approximate surface area is 153 Å². The number of piperidine rings is 1. The van der Waals surface area contributed by atoms with Gasteiger partial charge in [-0.15, -0.1) is 0 Å². The molecule has 1 saturated heterocycles. The average molecular weight is 398 g/mol. The smallest absolute Gasteiger partial charge is 0.249 e. The molecule has 1 fully saturated rings. The molecule has 2 aromatic heterocycles. The summed E-state index contributed by atoms with van der Waals surface area (Å²) in [5.41, 5.74) is -0.259. The van der Waals surface area contributed by atoms with Gasteiger partial charge in [-0.25, -0.2) is 22.8 Å². The fourth-order valence-electron chi connectivity index (χ4n) is 3.30. The molecule has 136 valence electrons. The third-order valence-corrected chi connectivity index (χ3v) is 5.67. The van der Waals surface area contributed by atoms with Gasteiger partial charge in [0.1, 0.15) is 23.3 Å².